The number of nitrogens with one attached hydrogen (secondary N) is 1. The average molecular weight is 450 g/mol. The normalized spacial score (nSPS) is 13.2. The zero-order chi connectivity index (χ0) is 24.2. The summed E-state index contributed by atoms with van der Waals surface area (Å²) >= 11 is 0. The van der Waals surface area contributed by atoms with Crippen molar-refractivity contribution in [2.45, 2.75) is 45.4 Å². The van der Waals surface area contributed by atoms with Crippen molar-refractivity contribution in [1.29, 1.82) is 0 Å². The van der Waals surface area contributed by atoms with E-state index in [4.69, 9.17) is 9.47 Å². The number of nitro benzene ring substituents is 1. The van der Waals surface area contributed by atoms with Crippen molar-refractivity contribution < 1.29 is 32.8 Å². The van der Waals surface area contributed by atoms with Crippen LogP contribution in [0.5, 0.6) is 0 Å². The van der Waals surface area contributed by atoms with Gasteiger partial charge >= 0.3 is 5.97 Å². The van der Waals surface area contributed by atoms with Gasteiger partial charge in [0.2, 0.25) is 0 Å². The maximum Gasteiger partial charge on any atom is 0.331 e. The zero-order valence-corrected chi connectivity index (χ0v) is 18.3. The Balaban J connectivity index is 2.39. The van der Waals surface area contributed by atoms with Crippen LogP contribution in [0.2, 0.25) is 0 Å². The first-order valence-electron chi connectivity index (χ1n) is 9.64. The maximum absolute atomic E-state index is 13.5. The Morgan fingerprint density at radius 3 is 2.19 bits per heavy atom. The van der Waals surface area contributed by atoms with Crippen LogP contribution in [0.15, 0.2) is 36.4 Å². The number of nitrogens with zero attached hydrogens (tertiary/aromatic N) is 1. The predicted molar refractivity (Wildman–Crippen MR) is 112 cm³/mol. The maximum atomic E-state index is 13.5. The number of rotatable bonds is 7. The van der Waals surface area contributed by atoms with Gasteiger partial charge in [0, 0.05) is 6.07 Å². The second-order valence-corrected chi connectivity index (χ2v) is 8.03. The van der Waals surface area contributed by atoms with Crippen LogP contribution in [0.3, 0.4) is 0 Å². The number of benzene rings is 2. The quantitative estimate of drug-likeness (QED) is 0.388. The van der Waals surface area contributed by atoms with Crippen LogP contribution in [0.4, 0.5) is 14.5 Å². The standard InChI is InChI=1S/C22H24F2N2O6/c1-12(32-22(2,3)4)19(21(28)31-5)25-20(27)15-8-6-14(11-18(15)26(29)30)13-7-9-16(23)17(24)10-13/h6-12,19H,1-5H3,(H,25,27)/t12?,19-/m0/s1. The highest BCUT2D eigenvalue weighted by Crippen LogP contribution is 2.28. The minimum absolute atomic E-state index is 0.193. The number of halogens is 2. The molecule has 8 nitrogen and oxygen atoms in total. The van der Waals surface area contributed by atoms with Crippen molar-refractivity contribution in [3.05, 3.63) is 63.7 Å². The number of amides is 1. The van der Waals surface area contributed by atoms with Crippen LogP contribution < -0.4 is 5.32 Å². The molecule has 0 aliphatic carbocycles. The van der Waals surface area contributed by atoms with E-state index in [0.717, 1.165) is 25.3 Å². The van der Waals surface area contributed by atoms with Crippen molar-refractivity contribution in [3.63, 3.8) is 0 Å². The van der Waals surface area contributed by atoms with Crippen molar-refractivity contribution in [3.8, 4) is 11.1 Å². The lowest BCUT2D eigenvalue weighted by Gasteiger charge is -2.29. The fraction of sp³-hybridized carbons (Fsp3) is 0.364. The van der Waals surface area contributed by atoms with Gasteiger partial charge in [-0.3, -0.25) is 14.9 Å². The molecule has 1 N–H and O–H groups in total. The van der Waals surface area contributed by atoms with E-state index in [-0.39, 0.29) is 16.7 Å². The van der Waals surface area contributed by atoms with Crippen molar-refractivity contribution in [2.24, 2.45) is 0 Å². The fourth-order valence-electron chi connectivity index (χ4n) is 3.07. The molecule has 0 aromatic heterocycles. The summed E-state index contributed by atoms with van der Waals surface area (Å²) in [7, 11) is 1.14. The third-order valence-corrected chi connectivity index (χ3v) is 4.44. The molecule has 0 saturated heterocycles. The molecular weight excluding hydrogens is 426 g/mol. The number of nitro groups is 1. The van der Waals surface area contributed by atoms with Crippen LogP contribution in [0, 0.1) is 21.7 Å². The summed E-state index contributed by atoms with van der Waals surface area (Å²) in [5.74, 6) is -3.84. The lowest BCUT2D eigenvalue weighted by Crippen LogP contribution is -2.51. The topological polar surface area (TPSA) is 108 Å². The molecule has 2 atom stereocenters. The smallest absolute Gasteiger partial charge is 0.331 e. The second kappa shape index (κ2) is 9.82. The fourth-order valence-corrected chi connectivity index (χ4v) is 3.07. The van der Waals surface area contributed by atoms with E-state index in [9.17, 15) is 28.5 Å². The minimum atomic E-state index is -1.22. The van der Waals surface area contributed by atoms with Gasteiger partial charge < -0.3 is 14.8 Å². The Morgan fingerprint density at radius 1 is 1.06 bits per heavy atom. The molecule has 0 heterocycles. The SMILES string of the molecule is COC(=O)[C@@H](NC(=O)c1ccc(-c2ccc(F)c(F)c2)cc1[N+](=O)[O-])C(C)OC(C)(C)C. The average Bonchev–Trinajstić information content (AvgIpc) is 2.71. The van der Waals surface area contributed by atoms with Crippen LogP contribution in [0.25, 0.3) is 11.1 Å². The molecule has 32 heavy (non-hydrogen) atoms. The number of methoxy groups -OCH3 is 1. The van der Waals surface area contributed by atoms with E-state index >= 15 is 0 Å². The van der Waals surface area contributed by atoms with Crippen molar-refractivity contribution >= 4 is 17.6 Å². The monoisotopic (exact) mass is 450 g/mol. The first-order valence-corrected chi connectivity index (χ1v) is 9.64. The summed E-state index contributed by atoms with van der Waals surface area (Å²) in [4.78, 5) is 35.9. The van der Waals surface area contributed by atoms with Gasteiger partial charge in [0.05, 0.1) is 23.7 Å². The summed E-state index contributed by atoms with van der Waals surface area (Å²) in [6, 6.07) is 5.43. The number of ether oxygens (including phenoxy) is 2. The number of carbonyl (C=O) groups is 2. The molecule has 0 aliphatic heterocycles. The summed E-state index contributed by atoms with van der Waals surface area (Å²) in [6.07, 6.45) is -0.799. The Labute approximate surface area is 183 Å². The molecule has 0 saturated carbocycles. The highest BCUT2D eigenvalue weighted by molar-refractivity contribution is 6.01. The molecule has 0 fully saturated rings. The third kappa shape index (κ3) is 6.07. The first kappa shape index (κ1) is 24.9. The van der Waals surface area contributed by atoms with Gasteiger partial charge in [0.1, 0.15) is 5.56 Å². The number of hydrogen-bond acceptors (Lipinski definition) is 6. The zero-order valence-electron chi connectivity index (χ0n) is 18.3. The number of esters is 1. The molecular formula is C22H24F2N2O6. The highest BCUT2D eigenvalue weighted by Gasteiger charge is 2.33. The first-order chi connectivity index (χ1) is 14.8. The van der Waals surface area contributed by atoms with Gasteiger partial charge in [-0.15, -0.1) is 0 Å². The lowest BCUT2D eigenvalue weighted by molar-refractivity contribution is -0.385. The van der Waals surface area contributed by atoms with Gasteiger partial charge in [-0.05, 0) is 57.0 Å². The Kier molecular flexibility index (Phi) is 7.63. The Bertz CT molecular complexity index is 1040. The molecule has 2 rings (SSSR count). The predicted octanol–water partition coefficient (Wildman–Crippen LogP) is 4.02. The van der Waals surface area contributed by atoms with E-state index in [1.54, 1.807) is 27.7 Å². The van der Waals surface area contributed by atoms with Gasteiger partial charge in [-0.2, -0.15) is 0 Å². The number of carbonyl (C=O) groups excluding carboxylic acids is 2. The minimum Gasteiger partial charge on any atom is -0.467 e. The Hall–Kier alpha value is -3.40. The molecule has 0 aliphatic rings. The molecule has 10 heteroatoms. The highest BCUT2D eigenvalue weighted by atomic mass is 19.2. The van der Waals surface area contributed by atoms with Crippen molar-refractivity contribution in [2.75, 3.05) is 7.11 Å². The summed E-state index contributed by atoms with van der Waals surface area (Å²) < 4.78 is 37.2. The van der Waals surface area contributed by atoms with Crippen LogP contribution >= 0.6 is 0 Å². The van der Waals surface area contributed by atoms with Crippen LogP contribution in [0.1, 0.15) is 38.1 Å². The summed E-state index contributed by atoms with van der Waals surface area (Å²) in [5.41, 5.74) is -1.12. The van der Waals surface area contributed by atoms with E-state index in [2.05, 4.69) is 5.32 Å². The molecule has 1 unspecified atom stereocenters. The molecule has 172 valence electrons. The largest absolute Gasteiger partial charge is 0.467 e. The van der Waals surface area contributed by atoms with Gasteiger partial charge in [0.15, 0.2) is 17.7 Å². The second-order valence-electron chi connectivity index (χ2n) is 8.03. The Morgan fingerprint density at radius 2 is 1.66 bits per heavy atom. The van der Waals surface area contributed by atoms with Crippen molar-refractivity contribution in [1.82, 2.24) is 5.32 Å². The van der Waals surface area contributed by atoms with Gasteiger partial charge in [0.25, 0.3) is 11.6 Å². The van der Waals surface area contributed by atoms with E-state index < -0.39 is 51.9 Å². The molecule has 0 radical (unpaired) electrons. The molecule has 2 aromatic carbocycles. The lowest BCUT2D eigenvalue weighted by atomic mass is 10.0. The summed E-state index contributed by atoms with van der Waals surface area (Å²) in [6.45, 7) is 6.86. The van der Waals surface area contributed by atoms with Gasteiger partial charge in [-0.1, -0.05) is 12.1 Å². The summed E-state index contributed by atoms with van der Waals surface area (Å²) in [5, 5.41) is 14.0. The van der Waals surface area contributed by atoms with E-state index in [1.165, 1.54) is 18.2 Å². The molecule has 1 amide bonds. The molecule has 0 bridgehead atoms. The molecule has 0 spiro atoms. The van der Waals surface area contributed by atoms with Gasteiger partial charge in [-0.25, -0.2) is 13.6 Å². The third-order valence-electron chi connectivity index (χ3n) is 4.44. The number of hydrogen-bond donors (Lipinski definition) is 1. The molecule has 2 aromatic rings. The van der Waals surface area contributed by atoms with Crippen LogP contribution in [-0.4, -0.2) is 41.7 Å². The van der Waals surface area contributed by atoms with E-state index in [0.29, 0.717) is 0 Å². The van der Waals surface area contributed by atoms with E-state index in [1.807, 2.05) is 0 Å². The van der Waals surface area contributed by atoms with Crippen LogP contribution in [-0.2, 0) is 14.3 Å².